The second kappa shape index (κ2) is 9.72. The molecule has 4 heteroatoms. The van der Waals surface area contributed by atoms with E-state index in [1.165, 1.54) is 0 Å². The number of hydrogen-bond donors (Lipinski definition) is 1. The minimum absolute atomic E-state index is 0.00514. The van der Waals surface area contributed by atoms with Crippen LogP contribution in [-0.4, -0.2) is 19.6 Å². The SMILES string of the molecule is COc1ccccc1[C@@H](C)NCC(=O)N(Cc1ccccc1)c1ccccc1. The third-order valence-electron chi connectivity index (χ3n) is 4.72. The van der Waals surface area contributed by atoms with Crippen molar-refractivity contribution in [3.8, 4) is 5.75 Å². The Balaban J connectivity index is 1.72. The molecule has 3 aromatic carbocycles. The Morgan fingerprint density at radius 1 is 0.929 bits per heavy atom. The lowest BCUT2D eigenvalue weighted by atomic mass is 10.1. The van der Waals surface area contributed by atoms with Gasteiger partial charge < -0.3 is 15.0 Å². The molecular weight excluding hydrogens is 348 g/mol. The first-order chi connectivity index (χ1) is 13.7. The Kier molecular flexibility index (Phi) is 6.82. The maximum Gasteiger partial charge on any atom is 0.241 e. The minimum Gasteiger partial charge on any atom is -0.496 e. The standard InChI is InChI=1S/C24H26N2O2/c1-19(22-15-9-10-16-23(22)28-2)25-17-24(27)26(21-13-7-4-8-14-21)18-20-11-5-3-6-12-20/h3-16,19,25H,17-18H2,1-2H3/t19-/m1/s1. The summed E-state index contributed by atoms with van der Waals surface area (Å²) in [6.07, 6.45) is 0. The predicted molar refractivity (Wildman–Crippen MR) is 113 cm³/mol. The van der Waals surface area contributed by atoms with Crippen LogP contribution < -0.4 is 15.0 Å². The molecule has 144 valence electrons. The number of carbonyl (C=O) groups excluding carboxylic acids is 1. The van der Waals surface area contributed by atoms with Gasteiger partial charge in [-0.2, -0.15) is 0 Å². The van der Waals surface area contributed by atoms with Gasteiger partial charge >= 0.3 is 0 Å². The molecule has 0 aliphatic rings. The maximum atomic E-state index is 13.1. The highest BCUT2D eigenvalue weighted by molar-refractivity contribution is 5.94. The molecule has 0 aromatic heterocycles. The van der Waals surface area contributed by atoms with Crippen LogP contribution in [0.5, 0.6) is 5.75 Å². The molecule has 28 heavy (non-hydrogen) atoms. The fourth-order valence-electron chi connectivity index (χ4n) is 3.17. The minimum atomic E-state index is -0.00514. The third-order valence-corrected chi connectivity index (χ3v) is 4.72. The maximum absolute atomic E-state index is 13.1. The van der Waals surface area contributed by atoms with Crippen LogP contribution in [0.3, 0.4) is 0 Å². The van der Waals surface area contributed by atoms with Crippen molar-refractivity contribution in [3.05, 3.63) is 96.1 Å². The van der Waals surface area contributed by atoms with Gasteiger partial charge in [0.15, 0.2) is 0 Å². The Bertz CT molecular complexity index is 881. The summed E-state index contributed by atoms with van der Waals surface area (Å²) in [6.45, 7) is 2.81. The Labute approximate surface area is 166 Å². The molecule has 3 aromatic rings. The first-order valence-electron chi connectivity index (χ1n) is 9.44. The lowest BCUT2D eigenvalue weighted by Gasteiger charge is -2.25. The van der Waals surface area contributed by atoms with Crippen molar-refractivity contribution in [2.75, 3.05) is 18.6 Å². The van der Waals surface area contributed by atoms with Crippen LogP contribution in [0, 0.1) is 0 Å². The van der Waals surface area contributed by atoms with Gasteiger partial charge in [0.05, 0.1) is 20.2 Å². The lowest BCUT2D eigenvalue weighted by Crippen LogP contribution is -2.38. The number of hydrogen-bond acceptors (Lipinski definition) is 3. The number of amides is 1. The van der Waals surface area contributed by atoms with Gasteiger partial charge in [-0.15, -0.1) is 0 Å². The first-order valence-corrected chi connectivity index (χ1v) is 9.44. The fourth-order valence-corrected chi connectivity index (χ4v) is 3.17. The summed E-state index contributed by atoms with van der Waals surface area (Å²) in [5.74, 6) is 0.843. The second-order valence-electron chi connectivity index (χ2n) is 6.65. The van der Waals surface area contributed by atoms with E-state index in [9.17, 15) is 4.79 Å². The first kappa shape index (κ1) is 19.6. The van der Waals surface area contributed by atoms with Gasteiger partial charge in [-0.3, -0.25) is 4.79 Å². The van der Waals surface area contributed by atoms with Gasteiger partial charge in [-0.1, -0.05) is 66.7 Å². The number of anilines is 1. The molecular formula is C24H26N2O2. The molecule has 1 atom stereocenters. The summed E-state index contributed by atoms with van der Waals surface area (Å²) in [5.41, 5.74) is 3.02. The van der Waals surface area contributed by atoms with Crippen LogP contribution in [0.1, 0.15) is 24.1 Å². The smallest absolute Gasteiger partial charge is 0.241 e. The molecule has 0 bridgehead atoms. The van der Waals surface area contributed by atoms with Gasteiger partial charge in [0.1, 0.15) is 5.75 Å². The van der Waals surface area contributed by atoms with Crippen LogP contribution in [0.2, 0.25) is 0 Å². The van der Waals surface area contributed by atoms with Crippen LogP contribution >= 0.6 is 0 Å². The molecule has 0 unspecified atom stereocenters. The summed E-state index contributed by atoms with van der Waals surface area (Å²) in [7, 11) is 1.66. The molecule has 0 saturated carbocycles. The van der Waals surface area contributed by atoms with Crippen LogP contribution in [0.25, 0.3) is 0 Å². The molecule has 3 rings (SSSR count). The monoisotopic (exact) mass is 374 g/mol. The third kappa shape index (κ3) is 4.99. The van der Waals surface area contributed by atoms with Gasteiger partial charge in [0.25, 0.3) is 0 Å². The molecule has 1 N–H and O–H groups in total. The fraction of sp³-hybridized carbons (Fsp3) is 0.208. The van der Waals surface area contributed by atoms with Crippen molar-refractivity contribution >= 4 is 11.6 Å². The van der Waals surface area contributed by atoms with Crippen molar-refractivity contribution in [2.24, 2.45) is 0 Å². The van der Waals surface area contributed by atoms with Gasteiger partial charge in [-0.25, -0.2) is 0 Å². The molecule has 0 aliphatic heterocycles. The lowest BCUT2D eigenvalue weighted by molar-refractivity contribution is -0.118. The molecule has 0 radical (unpaired) electrons. The van der Waals surface area contributed by atoms with E-state index in [1.54, 1.807) is 7.11 Å². The normalized spacial score (nSPS) is 11.6. The number of nitrogens with one attached hydrogen (secondary N) is 1. The zero-order valence-electron chi connectivity index (χ0n) is 16.3. The van der Waals surface area contributed by atoms with Crippen molar-refractivity contribution in [3.63, 3.8) is 0 Å². The average Bonchev–Trinajstić information content (AvgIpc) is 2.76. The highest BCUT2D eigenvalue weighted by Gasteiger charge is 2.18. The summed E-state index contributed by atoms with van der Waals surface area (Å²) in [5, 5.41) is 3.34. The number of ether oxygens (including phenoxy) is 1. The quantitative estimate of drug-likeness (QED) is 0.627. The predicted octanol–water partition coefficient (Wildman–Crippen LogP) is 4.58. The summed E-state index contributed by atoms with van der Waals surface area (Å²) in [6, 6.07) is 27.7. The van der Waals surface area contributed by atoms with Gasteiger partial charge in [0.2, 0.25) is 5.91 Å². The Morgan fingerprint density at radius 3 is 2.21 bits per heavy atom. The van der Waals surface area contributed by atoms with E-state index in [-0.39, 0.29) is 18.5 Å². The molecule has 1 amide bonds. The summed E-state index contributed by atoms with van der Waals surface area (Å²) >= 11 is 0. The molecule has 0 spiro atoms. The Hall–Kier alpha value is -3.11. The number of rotatable bonds is 8. The van der Waals surface area contributed by atoms with Crippen molar-refractivity contribution in [1.82, 2.24) is 5.32 Å². The number of benzene rings is 3. The van der Waals surface area contributed by atoms with Crippen LogP contribution in [-0.2, 0) is 11.3 Å². The molecule has 0 fully saturated rings. The molecule has 0 aliphatic carbocycles. The number of nitrogens with zero attached hydrogens (tertiary/aromatic N) is 1. The topological polar surface area (TPSA) is 41.6 Å². The zero-order valence-corrected chi connectivity index (χ0v) is 16.3. The van der Waals surface area contributed by atoms with E-state index in [2.05, 4.69) is 5.32 Å². The highest BCUT2D eigenvalue weighted by Crippen LogP contribution is 2.24. The molecule has 4 nitrogen and oxygen atoms in total. The van der Waals surface area contributed by atoms with Crippen LogP contribution in [0.15, 0.2) is 84.9 Å². The van der Waals surface area contributed by atoms with E-state index in [0.717, 1.165) is 22.6 Å². The van der Waals surface area contributed by atoms with Crippen molar-refractivity contribution in [1.29, 1.82) is 0 Å². The van der Waals surface area contributed by atoms with E-state index >= 15 is 0 Å². The summed E-state index contributed by atoms with van der Waals surface area (Å²) in [4.78, 5) is 14.9. The summed E-state index contributed by atoms with van der Waals surface area (Å²) < 4.78 is 5.43. The van der Waals surface area contributed by atoms with E-state index < -0.39 is 0 Å². The zero-order chi connectivity index (χ0) is 19.8. The van der Waals surface area contributed by atoms with E-state index in [0.29, 0.717) is 6.54 Å². The van der Waals surface area contributed by atoms with Crippen molar-refractivity contribution in [2.45, 2.75) is 19.5 Å². The highest BCUT2D eigenvalue weighted by atomic mass is 16.5. The number of para-hydroxylation sites is 2. The van der Waals surface area contributed by atoms with E-state index in [4.69, 9.17) is 4.74 Å². The van der Waals surface area contributed by atoms with Gasteiger partial charge in [0, 0.05) is 17.3 Å². The largest absolute Gasteiger partial charge is 0.496 e. The Morgan fingerprint density at radius 2 is 1.54 bits per heavy atom. The van der Waals surface area contributed by atoms with Crippen LogP contribution in [0.4, 0.5) is 5.69 Å². The number of methoxy groups -OCH3 is 1. The second-order valence-corrected chi connectivity index (χ2v) is 6.65. The van der Waals surface area contributed by atoms with Crippen molar-refractivity contribution < 1.29 is 9.53 Å². The average molecular weight is 374 g/mol. The number of carbonyl (C=O) groups is 1. The van der Waals surface area contributed by atoms with E-state index in [1.807, 2.05) is 96.8 Å². The van der Waals surface area contributed by atoms with Gasteiger partial charge in [-0.05, 0) is 30.7 Å². The molecule has 0 heterocycles. The molecule has 0 saturated heterocycles.